The molecule has 0 radical (unpaired) electrons. The van der Waals surface area contributed by atoms with Crippen molar-refractivity contribution in [2.45, 2.75) is 36.7 Å². The average molecular weight is 330 g/mol. The molecule has 23 heavy (non-hydrogen) atoms. The number of hydrogen-bond acceptors (Lipinski definition) is 4. The van der Waals surface area contributed by atoms with Crippen molar-refractivity contribution in [3.8, 4) is 5.75 Å². The van der Waals surface area contributed by atoms with Gasteiger partial charge in [0, 0.05) is 31.4 Å². The summed E-state index contributed by atoms with van der Waals surface area (Å²) in [6.45, 7) is 1.02. The van der Waals surface area contributed by atoms with E-state index in [9.17, 15) is 8.42 Å². The van der Waals surface area contributed by atoms with Gasteiger partial charge in [-0.05, 0) is 54.3 Å². The Morgan fingerprint density at radius 2 is 1.96 bits per heavy atom. The van der Waals surface area contributed by atoms with Crippen LogP contribution in [0.25, 0.3) is 0 Å². The molecule has 0 bridgehead atoms. The number of pyridine rings is 1. The molecule has 0 unspecified atom stereocenters. The molecule has 2 aliphatic rings. The SMILES string of the molecule is O=S(=O)(c1ccc2c(c1)CCO2)N(Cc1ccncc1)C1CC1. The first kappa shape index (κ1) is 14.7. The smallest absolute Gasteiger partial charge is 0.243 e. The lowest BCUT2D eigenvalue weighted by Gasteiger charge is -2.22. The first-order chi connectivity index (χ1) is 11.1. The summed E-state index contributed by atoms with van der Waals surface area (Å²) < 4.78 is 33.3. The Balaban J connectivity index is 1.67. The number of rotatable bonds is 5. The quantitative estimate of drug-likeness (QED) is 0.844. The maximum Gasteiger partial charge on any atom is 0.243 e. The molecule has 1 fully saturated rings. The van der Waals surface area contributed by atoms with E-state index in [-0.39, 0.29) is 6.04 Å². The van der Waals surface area contributed by atoms with Crippen molar-refractivity contribution in [3.05, 3.63) is 53.9 Å². The van der Waals surface area contributed by atoms with Crippen LogP contribution in [0.3, 0.4) is 0 Å². The molecule has 2 heterocycles. The Morgan fingerprint density at radius 3 is 2.70 bits per heavy atom. The highest BCUT2D eigenvalue weighted by atomic mass is 32.2. The summed E-state index contributed by atoms with van der Waals surface area (Å²) in [5, 5.41) is 0. The van der Waals surface area contributed by atoms with E-state index in [4.69, 9.17) is 4.74 Å². The first-order valence-electron chi connectivity index (χ1n) is 7.81. The number of sulfonamides is 1. The highest BCUT2D eigenvalue weighted by Crippen LogP contribution is 2.35. The van der Waals surface area contributed by atoms with Crippen LogP contribution in [0.15, 0.2) is 47.6 Å². The Hall–Kier alpha value is -1.92. The number of aromatic nitrogens is 1. The number of benzene rings is 1. The molecule has 1 aromatic carbocycles. The molecule has 0 atom stereocenters. The van der Waals surface area contributed by atoms with Crippen LogP contribution in [-0.2, 0) is 23.0 Å². The molecule has 0 spiro atoms. The third-order valence-electron chi connectivity index (χ3n) is 4.31. The van der Waals surface area contributed by atoms with Gasteiger partial charge in [-0.2, -0.15) is 4.31 Å². The Kier molecular flexibility index (Phi) is 3.58. The predicted octanol–water partition coefficient (Wildman–Crippen LogP) is 2.37. The highest BCUT2D eigenvalue weighted by molar-refractivity contribution is 7.89. The molecule has 1 aromatic heterocycles. The second-order valence-corrected chi connectivity index (χ2v) is 7.90. The van der Waals surface area contributed by atoms with Crippen molar-refractivity contribution in [1.29, 1.82) is 0 Å². The molecule has 0 amide bonds. The number of nitrogens with zero attached hydrogens (tertiary/aromatic N) is 2. The highest BCUT2D eigenvalue weighted by Gasteiger charge is 2.38. The van der Waals surface area contributed by atoms with Gasteiger partial charge in [0.05, 0.1) is 11.5 Å². The average Bonchev–Trinajstić information content (AvgIpc) is 3.29. The molecular weight excluding hydrogens is 312 g/mol. The minimum absolute atomic E-state index is 0.109. The minimum atomic E-state index is -3.50. The van der Waals surface area contributed by atoms with Gasteiger partial charge in [0.1, 0.15) is 5.75 Å². The zero-order valence-corrected chi connectivity index (χ0v) is 13.5. The van der Waals surface area contributed by atoms with Crippen molar-refractivity contribution in [1.82, 2.24) is 9.29 Å². The minimum Gasteiger partial charge on any atom is -0.493 e. The zero-order valence-electron chi connectivity index (χ0n) is 12.7. The lowest BCUT2D eigenvalue weighted by atomic mass is 10.2. The van der Waals surface area contributed by atoms with Crippen LogP contribution in [0.5, 0.6) is 5.75 Å². The normalized spacial score (nSPS) is 17.1. The van der Waals surface area contributed by atoms with E-state index in [2.05, 4.69) is 4.98 Å². The van der Waals surface area contributed by atoms with Gasteiger partial charge in [0.15, 0.2) is 0 Å². The Bertz CT molecular complexity index is 817. The van der Waals surface area contributed by atoms with Crippen LogP contribution in [-0.4, -0.2) is 30.4 Å². The maximum atomic E-state index is 13.1. The molecule has 120 valence electrons. The van der Waals surface area contributed by atoms with Crippen LogP contribution in [0.1, 0.15) is 24.0 Å². The second kappa shape index (κ2) is 5.62. The van der Waals surface area contributed by atoms with E-state index < -0.39 is 10.0 Å². The van der Waals surface area contributed by atoms with Crippen LogP contribution < -0.4 is 4.74 Å². The van der Waals surface area contributed by atoms with Gasteiger partial charge in [-0.15, -0.1) is 0 Å². The van der Waals surface area contributed by atoms with Crippen molar-refractivity contribution < 1.29 is 13.2 Å². The van der Waals surface area contributed by atoms with E-state index in [1.807, 2.05) is 12.1 Å². The van der Waals surface area contributed by atoms with E-state index in [1.165, 1.54) is 0 Å². The monoisotopic (exact) mass is 330 g/mol. The fourth-order valence-corrected chi connectivity index (χ4v) is 4.62. The summed E-state index contributed by atoms with van der Waals surface area (Å²) in [7, 11) is -3.50. The third kappa shape index (κ3) is 2.84. The largest absolute Gasteiger partial charge is 0.493 e. The molecular formula is C17H18N2O3S. The molecule has 2 aromatic rings. The molecule has 1 saturated carbocycles. The van der Waals surface area contributed by atoms with E-state index in [0.29, 0.717) is 18.0 Å². The van der Waals surface area contributed by atoms with Crippen molar-refractivity contribution >= 4 is 10.0 Å². The van der Waals surface area contributed by atoms with Gasteiger partial charge in [0.2, 0.25) is 10.0 Å². The number of hydrogen-bond donors (Lipinski definition) is 0. The van der Waals surface area contributed by atoms with Gasteiger partial charge in [-0.1, -0.05) is 0 Å². The van der Waals surface area contributed by atoms with Crippen LogP contribution in [0.2, 0.25) is 0 Å². The van der Waals surface area contributed by atoms with Gasteiger partial charge >= 0.3 is 0 Å². The molecule has 1 aliphatic heterocycles. The summed E-state index contributed by atoms with van der Waals surface area (Å²) in [6.07, 6.45) is 6.02. The van der Waals surface area contributed by atoms with Crippen LogP contribution in [0.4, 0.5) is 0 Å². The van der Waals surface area contributed by atoms with Crippen LogP contribution in [0, 0.1) is 0 Å². The summed E-state index contributed by atoms with van der Waals surface area (Å²) in [4.78, 5) is 4.35. The van der Waals surface area contributed by atoms with E-state index in [0.717, 1.165) is 36.1 Å². The lowest BCUT2D eigenvalue weighted by Crippen LogP contribution is -2.32. The van der Waals surface area contributed by atoms with Crippen molar-refractivity contribution in [3.63, 3.8) is 0 Å². The van der Waals surface area contributed by atoms with Crippen molar-refractivity contribution in [2.75, 3.05) is 6.61 Å². The fraction of sp³-hybridized carbons (Fsp3) is 0.353. The van der Waals surface area contributed by atoms with E-state index >= 15 is 0 Å². The van der Waals surface area contributed by atoms with E-state index in [1.54, 1.807) is 34.9 Å². The van der Waals surface area contributed by atoms with Gasteiger partial charge < -0.3 is 4.74 Å². The van der Waals surface area contributed by atoms with Crippen molar-refractivity contribution in [2.24, 2.45) is 0 Å². The third-order valence-corrected chi connectivity index (χ3v) is 6.20. The second-order valence-electron chi connectivity index (χ2n) is 6.00. The molecule has 1 aliphatic carbocycles. The Labute approximate surface area is 136 Å². The van der Waals surface area contributed by atoms with Gasteiger partial charge in [-0.3, -0.25) is 4.98 Å². The molecule has 0 N–H and O–H groups in total. The zero-order chi connectivity index (χ0) is 15.9. The fourth-order valence-electron chi connectivity index (χ4n) is 2.90. The number of fused-ring (bicyclic) bond motifs is 1. The van der Waals surface area contributed by atoms with Gasteiger partial charge in [0.25, 0.3) is 0 Å². The van der Waals surface area contributed by atoms with Gasteiger partial charge in [-0.25, -0.2) is 8.42 Å². The maximum absolute atomic E-state index is 13.1. The summed E-state index contributed by atoms with van der Waals surface area (Å²) in [6, 6.07) is 9.02. The lowest BCUT2D eigenvalue weighted by molar-refractivity contribution is 0.356. The predicted molar refractivity (Wildman–Crippen MR) is 85.6 cm³/mol. The molecule has 6 heteroatoms. The molecule has 5 nitrogen and oxygen atoms in total. The summed E-state index contributed by atoms with van der Waals surface area (Å²) >= 11 is 0. The summed E-state index contributed by atoms with van der Waals surface area (Å²) in [5.74, 6) is 0.802. The summed E-state index contributed by atoms with van der Waals surface area (Å²) in [5.41, 5.74) is 1.94. The Morgan fingerprint density at radius 1 is 1.17 bits per heavy atom. The topological polar surface area (TPSA) is 59.5 Å². The standard InChI is InChI=1S/C17H18N2O3S/c20-23(21,16-3-4-17-14(11-16)7-10-22-17)19(15-1-2-15)12-13-5-8-18-9-6-13/h3-6,8-9,11,15H,1-2,7,10,12H2. The van der Waals surface area contributed by atoms with Crippen LogP contribution >= 0.6 is 0 Å². The molecule has 0 saturated heterocycles. The number of ether oxygens (including phenoxy) is 1. The first-order valence-corrected chi connectivity index (χ1v) is 9.25. The molecule has 4 rings (SSSR count).